The highest BCUT2D eigenvalue weighted by atomic mass is 16.6. The first-order valence-electron chi connectivity index (χ1n) is 12.2. The molecule has 1 heterocycles. The van der Waals surface area contributed by atoms with Crippen LogP contribution in [0.25, 0.3) is 10.9 Å². The van der Waals surface area contributed by atoms with Crippen LogP contribution in [0.15, 0.2) is 119 Å². The summed E-state index contributed by atoms with van der Waals surface area (Å²) in [6.45, 7) is 0. The quantitative estimate of drug-likeness (QED) is 0.137. The number of rotatable bonds is 8. The first kappa shape index (κ1) is 25.3. The molecule has 4 aromatic carbocycles. The lowest BCUT2D eigenvalue weighted by molar-refractivity contribution is -0.384. The molecule has 192 valence electrons. The van der Waals surface area contributed by atoms with E-state index in [2.05, 4.69) is 4.98 Å². The summed E-state index contributed by atoms with van der Waals surface area (Å²) in [7, 11) is 0. The van der Waals surface area contributed by atoms with Crippen LogP contribution in [-0.4, -0.2) is 32.5 Å². The minimum Gasteiger partial charge on any atom is -0.507 e. The van der Waals surface area contributed by atoms with Gasteiger partial charge in [-0.3, -0.25) is 25.1 Å². The predicted molar refractivity (Wildman–Crippen MR) is 152 cm³/mol. The molecule has 0 aliphatic rings. The van der Waals surface area contributed by atoms with Crippen molar-refractivity contribution in [3.05, 3.63) is 142 Å². The van der Waals surface area contributed by atoms with E-state index >= 15 is 0 Å². The van der Waals surface area contributed by atoms with Crippen LogP contribution >= 0.6 is 0 Å². The fourth-order valence-electron chi connectivity index (χ4n) is 4.36. The Bertz CT molecular complexity index is 1680. The average molecular weight is 517 g/mol. The van der Waals surface area contributed by atoms with Crippen molar-refractivity contribution in [3.63, 3.8) is 0 Å². The molecule has 39 heavy (non-hydrogen) atoms. The van der Waals surface area contributed by atoms with Crippen molar-refractivity contribution >= 4 is 29.0 Å². The topological polar surface area (TPSA) is 121 Å². The van der Waals surface area contributed by atoms with Gasteiger partial charge < -0.3 is 10.2 Å². The van der Waals surface area contributed by atoms with Gasteiger partial charge in [-0.25, -0.2) is 0 Å². The van der Waals surface area contributed by atoms with Gasteiger partial charge in [0.25, 0.3) is 5.69 Å². The number of aliphatic imine (C=N–C) groups is 2. The van der Waals surface area contributed by atoms with Crippen LogP contribution < -0.4 is 0 Å². The third-order valence-corrected chi connectivity index (χ3v) is 6.35. The zero-order chi connectivity index (χ0) is 27.2. The van der Waals surface area contributed by atoms with Crippen molar-refractivity contribution in [1.82, 2.24) is 4.98 Å². The van der Waals surface area contributed by atoms with Gasteiger partial charge in [0.1, 0.15) is 23.6 Å². The average Bonchev–Trinajstić information content (AvgIpc) is 2.96. The van der Waals surface area contributed by atoms with Gasteiger partial charge in [-0.05, 0) is 48.0 Å². The van der Waals surface area contributed by atoms with Crippen molar-refractivity contribution in [3.8, 4) is 11.5 Å². The molecule has 8 heteroatoms. The van der Waals surface area contributed by atoms with Gasteiger partial charge in [0, 0.05) is 52.8 Å². The fraction of sp³-hybridized carbons (Fsp3) is 0.0645. The first-order chi connectivity index (χ1) is 19.0. The minimum atomic E-state index is -0.653. The molecule has 0 saturated carbocycles. The Morgan fingerprint density at radius 2 is 1.31 bits per heavy atom. The van der Waals surface area contributed by atoms with E-state index in [4.69, 9.17) is 9.98 Å². The normalized spacial score (nSPS) is 13.1. The maximum Gasteiger partial charge on any atom is 0.269 e. The Hall–Kier alpha value is -5.37. The van der Waals surface area contributed by atoms with Gasteiger partial charge in [0.15, 0.2) is 0 Å². The third kappa shape index (κ3) is 5.65. The molecule has 2 atom stereocenters. The molecule has 0 spiro atoms. The Morgan fingerprint density at radius 3 is 1.92 bits per heavy atom. The summed E-state index contributed by atoms with van der Waals surface area (Å²) in [6.07, 6.45) is 4.87. The van der Waals surface area contributed by atoms with Crippen LogP contribution in [0, 0.1) is 10.1 Å². The molecular weight excluding hydrogens is 492 g/mol. The maximum absolute atomic E-state index is 11.3. The molecule has 2 N–H and O–H groups in total. The van der Waals surface area contributed by atoms with Gasteiger partial charge in [-0.15, -0.1) is 0 Å². The van der Waals surface area contributed by atoms with Crippen LogP contribution in [-0.2, 0) is 0 Å². The summed E-state index contributed by atoms with van der Waals surface area (Å²) in [5.41, 5.74) is 3.22. The van der Waals surface area contributed by atoms with Crippen molar-refractivity contribution in [1.29, 1.82) is 0 Å². The number of hydrogen-bond donors (Lipinski definition) is 2. The zero-order valence-corrected chi connectivity index (χ0v) is 20.7. The first-order valence-corrected chi connectivity index (χ1v) is 12.2. The molecule has 0 unspecified atom stereocenters. The van der Waals surface area contributed by atoms with E-state index in [-0.39, 0.29) is 17.2 Å². The van der Waals surface area contributed by atoms with E-state index in [1.165, 1.54) is 12.1 Å². The molecule has 0 bridgehead atoms. The molecule has 0 amide bonds. The van der Waals surface area contributed by atoms with Gasteiger partial charge in [0.05, 0.1) is 10.4 Å². The second kappa shape index (κ2) is 11.4. The highest BCUT2D eigenvalue weighted by Gasteiger charge is 2.26. The van der Waals surface area contributed by atoms with Crippen LogP contribution in [0.4, 0.5) is 5.69 Å². The minimum absolute atomic E-state index is 0.0386. The number of fused-ring (bicyclic) bond motifs is 1. The van der Waals surface area contributed by atoms with Gasteiger partial charge in [-0.1, -0.05) is 48.5 Å². The molecule has 0 saturated heterocycles. The van der Waals surface area contributed by atoms with Crippen LogP contribution in [0.2, 0.25) is 0 Å². The number of non-ortho nitro benzene ring substituents is 1. The highest BCUT2D eigenvalue weighted by molar-refractivity contribution is 5.86. The van der Waals surface area contributed by atoms with E-state index in [0.29, 0.717) is 16.7 Å². The number of aromatic hydroxyl groups is 2. The fourth-order valence-corrected chi connectivity index (χ4v) is 4.36. The number of nitrogens with zero attached hydrogens (tertiary/aromatic N) is 4. The van der Waals surface area contributed by atoms with E-state index in [1.54, 1.807) is 79.3 Å². The van der Waals surface area contributed by atoms with E-state index in [0.717, 1.165) is 16.5 Å². The summed E-state index contributed by atoms with van der Waals surface area (Å²) in [4.78, 5) is 25.2. The predicted octanol–water partition coefficient (Wildman–Crippen LogP) is 6.57. The third-order valence-electron chi connectivity index (χ3n) is 6.35. The Morgan fingerprint density at radius 1 is 0.718 bits per heavy atom. The van der Waals surface area contributed by atoms with Crippen molar-refractivity contribution < 1.29 is 15.1 Å². The summed E-state index contributed by atoms with van der Waals surface area (Å²) in [5, 5.41) is 32.9. The van der Waals surface area contributed by atoms with Crippen LogP contribution in [0.1, 0.15) is 34.3 Å². The molecular formula is C31H24N4O4. The van der Waals surface area contributed by atoms with Crippen molar-refractivity contribution in [2.24, 2.45) is 9.98 Å². The summed E-state index contributed by atoms with van der Waals surface area (Å²) < 4.78 is 0. The monoisotopic (exact) mass is 516 g/mol. The van der Waals surface area contributed by atoms with Crippen LogP contribution in [0.5, 0.6) is 11.5 Å². The number of hydrogen-bond acceptors (Lipinski definition) is 7. The second-order valence-corrected chi connectivity index (χ2v) is 8.83. The van der Waals surface area contributed by atoms with E-state index < -0.39 is 17.0 Å². The lowest BCUT2D eigenvalue weighted by Gasteiger charge is -2.23. The molecule has 8 nitrogen and oxygen atoms in total. The number of pyridine rings is 1. The van der Waals surface area contributed by atoms with Gasteiger partial charge in [-0.2, -0.15) is 0 Å². The van der Waals surface area contributed by atoms with Crippen LogP contribution in [0.3, 0.4) is 0 Å². The molecule has 0 aliphatic heterocycles. The molecule has 1 aromatic heterocycles. The largest absolute Gasteiger partial charge is 0.507 e. The maximum atomic E-state index is 11.3. The molecule has 5 rings (SSSR count). The molecule has 0 aliphatic carbocycles. The molecule has 0 radical (unpaired) electrons. The highest BCUT2D eigenvalue weighted by Crippen LogP contribution is 2.39. The summed E-state index contributed by atoms with van der Waals surface area (Å²) in [5.74, 6) is 0.158. The zero-order valence-electron chi connectivity index (χ0n) is 20.7. The van der Waals surface area contributed by atoms with E-state index in [9.17, 15) is 20.3 Å². The van der Waals surface area contributed by atoms with Crippen molar-refractivity contribution in [2.75, 3.05) is 0 Å². The van der Waals surface area contributed by atoms with Crippen molar-refractivity contribution in [2.45, 2.75) is 12.1 Å². The number of benzene rings is 4. The van der Waals surface area contributed by atoms with Gasteiger partial charge >= 0.3 is 0 Å². The number of phenolic OH excluding ortho intramolecular Hbond substituents is 2. The lowest BCUT2D eigenvalue weighted by Crippen LogP contribution is -2.10. The number of aromatic nitrogens is 1. The summed E-state index contributed by atoms with van der Waals surface area (Å²) in [6, 6.07) is 28.2. The number of phenols is 2. The smallest absolute Gasteiger partial charge is 0.269 e. The number of para-hydroxylation sites is 3. The number of nitro benzene ring substituents is 1. The Balaban J connectivity index is 1.70. The SMILES string of the molecule is O=[N+]([O-])c1ccc([C@H](N=Cc2ccccc2O)[C@@H](N=Cc2ccccc2O)c2cccc3cccnc23)cc1. The molecule has 0 fully saturated rings. The number of nitro groups is 1. The summed E-state index contributed by atoms with van der Waals surface area (Å²) >= 11 is 0. The Kier molecular flexibility index (Phi) is 7.36. The molecule has 5 aromatic rings. The Labute approximate surface area is 224 Å². The standard InChI is InChI=1S/C31H24N4O4/c36-27-12-3-1-7-23(27)19-33-30(22-14-16-25(17-15-22)35(38)39)31(34-20-24-8-2-4-13-28(24)37)26-11-5-9-21-10-6-18-32-29(21)26/h1-20,30-31,36-37H/t30-,31-/m0/s1. The van der Waals surface area contributed by atoms with E-state index in [1.807, 2.05) is 30.3 Å². The second-order valence-electron chi connectivity index (χ2n) is 8.83. The lowest BCUT2D eigenvalue weighted by atomic mass is 9.92. The van der Waals surface area contributed by atoms with Gasteiger partial charge in [0.2, 0.25) is 0 Å².